The van der Waals surface area contributed by atoms with E-state index >= 15 is 0 Å². The van der Waals surface area contributed by atoms with Crippen LogP contribution in [0.15, 0.2) is 0 Å². The molecule has 1 aromatic rings. The third-order valence-electron chi connectivity index (χ3n) is 2.78. The van der Waals surface area contributed by atoms with Crippen LogP contribution in [0.1, 0.15) is 35.8 Å². The molecule has 0 aliphatic rings. The van der Waals surface area contributed by atoms with Gasteiger partial charge in [-0.1, -0.05) is 0 Å². The second kappa shape index (κ2) is 5.92. The molecule has 0 aliphatic heterocycles. The number of rotatable bonds is 5. The van der Waals surface area contributed by atoms with Crippen LogP contribution in [-0.4, -0.2) is 30.7 Å². The lowest BCUT2D eigenvalue weighted by atomic mass is 10.1. The number of nitrogens with one attached hydrogen (secondary N) is 1. The largest absolute Gasteiger partial charge is 0.374 e. The molecule has 16 heavy (non-hydrogen) atoms. The molecule has 0 aliphatic carbocycles. The molecular weight excluding hydrogens is 202 g/mol. The van der Waals surface area contributed by atoms with Gasteiger partial charge in [-0.2, -0.15) is 0 Å². The Kier molecular flexibility index (Phi) is 4.83. The van der Waals surface area contributed by atoms with E-state index in [9.17, 15) is 0 Å². The minimum atomic E-state index is -0.0456. The molecule has 1 N–H and O–H groups in total. The molecule has 0 fully saturated rings. The topological polar surface area (TPSA) is 47.0 Å². The zero-order valence-electron chi connectivity index (χ0n) is 10.8. The van der Waals surface area contributed by atoms with Crippen molar-refractivity contribution < 1.29 is 4.74 Å². The minimum absolute atomic E-state index is 0.0456. The van der Waals surface area contributed by atoms with Gasteiger partial charge in [-0.3, -0.25) is 0 Å². The number of ether oxygens (including phenoxy) is 1. The first-order valence-electron chi connectivity index (χ1n) is 5.61. The molecule has 1 rings (SSSR count). The van der Waals surface area contributed by atoms with Crippen LogP contribution in [0.5, 0.6) is 0 Å². The number of hydrogen-bond acceptors (Lipinski definition) is 4. The molecule has 1 unspecified atom stereocenters. The van der Waals surface area contributed by atoms with Crippen LogP contribution in [-0.2, 0) is 11.2 Å². The summed E-state index contributed by atoms with van der Waals surface area (Å²) in [5, 5.41) is 3.14. The Hall–Kier alpha value is -1.00. The van der Waals surface area contributed by atoms with Crippen LogP contribution in [0.2, 0.25) is 0 Å². The quantitative estimate of drug-likeness (QED) is 0.823. The highest BCUT2D eigenvalue weighted by Crippen LogP contribution is 2.16. The molecule has 0 amide bonds. The van der Waals surface area contributed by atoms with Crippen LogP contribution in [0.3, 0.4) is 0 Å². The summed E-state index contributed by atoms with van der Waals surface area (Å²) in [6, 6.07) is 0. The van der Waals surface area contributed by atoms with E-state index in [0.717, 1.165) is 30.2 Å². The van der Waals surface area contributed by atoms with Gasteiger partial charge in [-0.05, 0) is 46.3 Å². The van der Waals surface area contributed by atoms with Crippen molar-refractivity contribution in [3.63, 3.8) is 0 Å². The van der Waals surface area contributed by atoms with Crippen molar-refractivity contribution in [3.05, 3.63) is 22.8 Å². The molecule has 0 spiro atoms. The van der Waals surface area contributed by atoms with E-state index in [2.05, 4.69) is 15.3 Å². The van der Waals surface area contributed by atoms with Gasteiger partial charge in [0, 0.05) is 18.5 Å². The van der Waals surface area contributed by atoms with Gasteiger partial charge in [0.05, 0.1) is 0 Å². The molecular formula is C12H21N3O. The van der Waals surface area contributed by atoms with E-state index in [4.69, 9.17) is 4.74 Å². The molecule has 4 nitrogen and oxygen atoms in total. The summed E-state index contributed by atoms with van der Waals surface area (Å²) in [6.07, 6.45) is 0.922. The maximum Gasteiger partial charge on any atom is 0.157 e. The molecule has 90 valence electrons. The summed E-state index contributed by atoms with van der Waals surface area (Å²) in [7, 11) is 3.63. The SMILES string of the molecule is CNCCc1c(C)nc(C(C)OC)nc1C. The summed E-state index contributed by atoms with van der Waals surface area (Å²) in [5.74, 6) is 0.769. The third kappa shape index (κ3) is 3.00. The monoisotopic (exact) mass is 223 g/mol. The molecule has 1 heterocycles. The Morgan fingerprint density at radius 1 is 1.25 bits per heavy atom. The summed E-state index contributed by atoms with van der Waals surface area (Å²) in [5.41, 5.74) is 3.35. The predicted octanol–water partition coefficient (Wildman–Crippen LogP) is 1.56. The van der Waals surface area contributed by atoms with Crippen LogP contribution in [0.4, 0.5) is 0 Å². The molecule has 1 aromatic heterocycles. The Labute approximate surface area is 97.5 Å². The predicted molar refractivity (Wildman–Crippen MR) is 64.6 cm³/mol. The number of hydrogen-bond donors (Lipinski definition) is 1. The maximum absolute atomic E-state index is 5.23. The Morgan fingerprint density at radius 2 is 1.81 bits per heavy atom. The molecule has 0 aromatic carbocycles. The minimum Gasteiger partial charge on any atom is -0.374 e. The number of aromatic nitrogens is 2. The second-order valence-electron chi connectivity index (χ2n) is 3.96. The van der Waals surface area contributed by atoms with Gasteiger partial charge in [0.2, 0.25) is 0 Å². The Morgan fingerprint density at radius 3 is 2.25 bits per heavy atom. The van der Waals surface area contributed by atoms with Crippen LogP contribution >= 0.6 is 0 Å². The highest BCUT2D eigenvalue weighted by molar-refractivity contribution is 5.25. The first-order valence-corrected chi connectivity index (χ1v) is 5.61. The van der Waals surface area contributed by atoms with E-state index < -0.39 is 0 Å². The highest BCUT2D eigenvalue weighted by Gasteiger charge is 2.12. The van der Waals surface area contributed by atoms with Crippen molar-refractivity contribution in [3.8, 4) is 0 Å². The zero-order valence-corrected chi connectivity index (χ0v) is 10.8. The molecule has 0 saturated carbocycles. The fourth-order valence-electron chi connectivity index (χ4n) is 1.66. The van der Waals surface area contributed by atoms with E-state index in [1.165, 1.54) is 5.56 Å². The van der Waals surface area contributed by atoms with E-state index in [1.807, 2.05) is 27.8 Å². The summed E-state index contributed by atoms with van der Waals surface area (Å²) >= 11 is 0. The van der Waals surface area contributed by atoms with Crippen LogP contribution in [0, 0.1) is 13.8 Å². The first-order chi connectivity index (χ1) is 7.60. The lowest BCUT2D eigenvalue weighted by molar-refractivity contribution is 0.111. The summed E-state index contributed by atoms with van der Waals surface area (Å²) < 4.78 is 5.23. The summed E-state index contributed by atoms with van der Waals surface area (Å²) in [6.45, 7) is 6.98. The standard InChI is InChI=1S/C12H21N3O/c1-8-11(6-7-13-4)9(2)15-12(14-8)10(3)16-5/h10,13H,6-7H2,1-5H3. The van der Waals surface area contributed by atoms with Gasteiger partial charge in [0.25, 0.3) is 0 Å². The summed E-state index contributed by atoms with van der Waals surface area (Å²) in [4.78, 5) is 8.99. The third-order valence-corrected chi connectivity index (χ3v) is 2.78. The zero-order chi connectivity index (χ0) is 12.1. The highest BCUT2D eigenvalue weighted by atomic mass is 16.5. The van der Waals surface area contributed by atoms with Crippen molar-refractivity contribution in [1.29, 1.82) is 0 Å². The number of likely N-dealkylation sites (N-methyl/N-ethyl adjacent to an activating group) is 1. The van der Waals surface area contributed by atoms with Gasteiger partial charge < -0.3 is 10.1 Å². The van der Waals surface area contributed by atoms with Crippen molar-refractivity contribution in [2.75, 3.05) is 20.7 Å². The average molecular weight is 223 g/mol. The van der Waals surface area contributed by atoms with Crippen molar-refractivity contribution in [2.45, 2.75) is 33.3 Å². The average Bonchev–Trinajstić information content (AvgIpc) is 2.26. The maximum atomic E-state index is 5.23. The van der Waals surface area contributed by atoms with E-state index in [0.29, 0.717) is 0 Å². The number of aryl methyl sites for hydroxylation is 2. The molecule has 0 bridgehead atoms. The first kappa shape index (κ1) is 13.1. The van der Waals surface area contributed by atoms with Gasteiger partial charge in [0.15, 0.2) is 5.82 Å². The van der Waals surface area contributed by atoms with Crippen molar-refractivity contribution >= 4 is 0 Å². The smallest absolute Gasteiger partial charge is 0.157 e. The lowest BCUT2D eigenvalue weighted by Crippen LogP contribution is -2.15. The van der Waals surface area contributed by atoms with Gasteiger partial charge in [-0.25, -0.2) is 9.97 Å². The fraction of sp³-hybridized carbons (Fsp3) is 0.667. The van der Waals surface area contributed by atoms with Crippen LogP contribution in [0.25, 0.3) is 0 Å². The van der Waals surface area contributed by atoms with Crippen molar-refractivity contribution in [2.24, 2.45) is 0 Å². The van der Waals surface area contributed by atoms with E-state index in [1.54, 1.807) is 7.11 Å². The fourth-order valence-corrected chi connectivity index (χ4v) is 1.66. The van der Waals surface area contributed by atoms with Crippen LogP contribution < -0.4 is 5.32 Å². The Balaban J connectivity index is 2.97. The van der Waals surface area contributed by atoms with Gasteiger partial charge in [0.1, 0.15) is 6.10 Å². The number of methoxy groups -OCH3 is 1. The molecule has 4 heteroatoms. The van der Waals surface area contributed by atoms with E-state index in [-0.39, 0.29) is 6.10 Å². The lowest BCUT2D eigenvalue weighted by Gasteiger charge is -2.13. The second-order valence-corrected chi connectivity index (χ2v) is 3.96. The number of nitrogens with zero attached hydrogens (tertiary/aromatic N) is 2. The van der Waals surface area contributed by atoms with Crippen molar-refractivity contribution in [1.82, 2.24) is 15.3 Å². The Bertz CT molecular complexity index is 329. The normalized spacial score (nSPS) is 12.8. The van der Waals surface area contributed by atoms with Gasteiger partial charge >= 0.3 is 0 Å². The molecule has 1 atom stereocenters. The molecule has 0 saturated heterocycles. The molecule has 0 radical (unpaired) electrons. The van der Waals surface area contributed by atoms with Gasteiger partial charge in [-0.15, -0.1) is 0 Å².